The fourth-order valence-corrected chi connectivity index (χ4v) is 3.56. The maximum Gasteiger partial charge on any atom is 0.232 e. The highest BCUT2D eigenvalue weighted by Crippen LogP contribution is 2.44. The van der Waals surface area contributed by atoms with E-state index in [0.717, 1.165) is 27.1 Å². The Labute approximate surface area is 154 Å². The summed E-state index contributed by atoms with van der Waals surface area (Å²) in [7, 11) is 0. The van der Waals surface area contributed by atoms with Crippen LogP contribution in [-0.2, 0) is 0 Å². The van der Waals surface area contributed by atoms with Gasteiger partial charge in [-0.05, 0) is 51.4 Å². The molecule has 0 fully saturated rings. The number of hydrogen-bond acceptors (Lipinski definition) is 4. The molecule has 0 radical (unpaired) electrons. The fourth-order valence-electron chi connectivity index (χ4n) is 3.56. The van der Waals surface area contributed by atoms with Crippen molar-refractivity contribution in [1.29, 1.82) is 0 Å². The van der Waals surface area contributed by atoms with E-state index in [1.807, 2.05) is 48.5 Å². The van der Waals surface area contributed by atoms with E-state index in [1.54, 1.807) is 6.08 Å². The standard InChI is InChI=1S/C23H14O4/c24-19-10-9-17-21(25)20(27-23(17)22(19)26)12-18-15-7-3-1-5-13(15)11-14-6-2-4-8-16(14)18/h1-12,24,26H/b20-12-. The van der Waals surface area contributed by atoms with Crippen LogP contribution in [0.3, 0.4) is 0 Å². The summed E-state index contributed by atoms with van der Waals surface area (Å²) in [6.45, 7) is 0. The third-order valence-corrected chi connectivity index (χ3v) is 4.88. The molecule has 0 aromatic heterocycles. The molecule has 4 aromatic carbocycles. The van der Waals surface area contributed by atoms with E-state index in [4.69, 9.17) is 4.74 Å². The highest BCUT2D eigenvalue weighted by molar-refractivity contribution is 6.17. The lowest BCUT2D eigenvalue weighted by molar-refractivity contribution is 0.101. The highest BCUT2D eigenvalue weighted by atomic mass is 16.5. The summed E-state index contributed by atoms with van der Waals surface area (Å²) < 4.78 is 5.63. The second-order valence-electron chi connectivity index (χ2n) is 6.48. The molecule has 0 atom stereocenters. The SMILES string of the molecule is O=C1/C(=C/c2c3ccccc3cc3ccccc23)Oc2c1ccc(O)c2O. The van der Waals surface area contributed by atoms with E-state index < -0.39 is 5.75 Å². The Balaban J connectivity index is 1.77. The first-order valence-corrected chi connectivity index (χ1v) is 8.53. The topological polar surface area (TPSA) is 66.8 Å². The number of aromatic hydroxyl groups is 2. The van der Waals surface area contributed by atoms with Gasteiger partial charge < -0.3 is 14.9 Å². The lowest BCUT2D eigenvalue weighted by atomic mass is 9.96. The van der Waals surface area contributed by atoms with Crippen LogP contribution in [0, 0.1) is 0 Å². The smallest absolute Gasteiger partial charge is 0.232 e. The molecule has 4 heteroatoms. The lowest BCUT2D eigenvalue weighted by Gasteiger charge is -2.09. The van der Waals surface area contributed by atoms with Crippen molar-refractivity contribution in [1.82, 2.24) is 0 Å². The van der Waals surface area contributed by atoms with Crippen LogP contribution >= 0.6 is 0 Å². The number of fused-ring (bicyclic) bond motifs is 3. The second-order valence-corrected chi connectivity index (χ2v) is 6.48. The summed E-state index contributed by atoms with van der Waals surface area (Å²) in [5.41, 5.74) is 1.12. The number of ether oxygens (including phenoxy) is 1. The fraction of sp³-hybridized carbons (Fsp3) is 0. The molecule has 0 saturated carbocycles. The third kappa shape index (κ3) is 2.27. The van der Waals surface area contributed by atoms with E-state index in [-0.39, 0.29) is 28.6 Å². The molecule has 27 heavy (non-hydrogen) atoms. The summed E-state index contributed by atoms with van der Waals surface area (Å²) >= 11 is 0. The molecule has 5 rings (SSSR count). The van der Waals surface area contributed by atoms with E-state index in [2.05, 4.69) is 6.07 Å². The van der Waals surface area contributed by atoms with Crippen LogP contribution in [-0.4, -0.2) is 16.0 Å². The number of benzene rings is 4. The Bertz CT molecular complexity index is 1230. The Morgan fingerprint density at radius 3 is 2.11 bits per heavy atom. The minimum Gasteiger partial charge on any atom is -0.504 e. The van der Waals surface area contributed by atoms with Crippen molar-refractivity contribution in [3.8, 4) is 17.2 Å². The molecule has 0 bridgehead atoms. The number of carbonyl (C=O) groups is 1. The number of allylic oxidation sites excluding steroid dienone is 1. The van der Waals surface area contributed by atoms with E-state index in [0.29, 0.717) is 0 Å². The largest absolute Gasteiger partial charge is 0.504 e. The maximum atomic E-state index is 12.8. The summed E-state index contributed by atoms with van der Waals surface area (Å²) in [5.74, 6) is -0.953. The Kier molecular flexibility index (Phi) is 3.21. The number of hydrogen-bond donors (Lipinski definition) is 2. The van der Waals surface area contributed by atoms with Crippen molar-refractivity contribution in [3.63, 3.8) is 0 Å². The molecule has 1 aliphatic rings. The van der Waals surface area contributed by atoms with Crippen LogP contribution in [0.5, 0.6) is 17.2 Å². The van der Waals surface area contributed by atoms with Gasteiger partial charge in [0.05, 0.1) is 5.56 Å². The van der Waals surface area contributed by atoms with Gasteiger partial charge in [0.15, 0.2) is 17.3 Å². The highest BCUT2D eigenvalue weighted by Gasteiger charge is 2.31. The number of phenols is 2. The van der Waals surface area contributed by atoms with Gasteiger partial charge in [-0.3, -0.25) is 4.79 Å². The van der Waals surface area contributed by atoms with Crippen molar-refractivity contribution in [2.45, 2.75) is 0 Å². The Hall–Kier alpha value is -3.79. The Morgan fingerprint density at radius 2 is 1.44 bits per heavy atom. The van der Waals surface area contributed by atoms with E-state index >= 15 is 0 Å². The second kappa shape index (κ2) is 5.61. The molecule has 0 saturated heterocycles. The van der Waals surface area contributed by atoms with E-state index in [9.17, 15) is 15.0 Å². The molecule has 1 heterocycles. The molecule has 4 nitrogen and oxygen atoms in total. The number of rotatable bonds is 1. The number of carbonyl (C=O) groups excluding carboxylic acids is 1. The number of ketones is 1. The van der Waals surface area contributed by atoms with Gasteiger partial charge in [-0.25, -0.2) is 0 Å². The van der Waals surface area contributed by atoms with Crippen LogP contribution in [0.15, 0.2) is 72.5 Å². The summed E-state index contributed by atoms with van der Waals surface area (Å²) in [4.78, 5) is 12.8. The molecule has 2 N–H and O–H groups in total. The predicted octanol–water partition coefficient (Wildman–Crippen LogP) is 5.02. The molecular weight excluding hydrogens is 340 g/mol. The quantitative estimate of drug-likeness (QED) is 0.286. The summed E-state index contributed by atoms with van der Waals surface area (Å²) in [5, 5.41) is 23.8. The van der Waals surface area contributed by atoms with Gasteiger partial charge in [-0.15, -0.1) is 0 Å². The van der Waals surface area contributed by atoms with Crippen molar-refractivity contribution in [3.05, 3.63) is 83.6 Å². The van der Waals surface area contributed by atoms with Crippen LogP contribution in [0.25, 0.3) is 27.6 Å². The van der Waals surface area contributed by atoms with E-state index in [1.165, 1.54) is 12.1 Å². The van der Waals surface area contributed by atoms with Crippen molar-refractivity contribution < 1.29 is 19.7 Å². The minimum atomic E-state index is -0.424. The third-order valence-electron chi connectivity index (χ3n) is 4.88. The molecule has 0 unspecified atom stereocenters. The molecule has 4 aromatic rings. The van der Waals surface area contributed by atoms with Crippen LogP contribution in [0.1, 0.15) is 15.9 Å². The first kappa shape index (κ1) is 15.5. The average molecular weight is 354 g/mol. The molecule has 0 spiro atoms. The molecule has 0 aliphatic carbocycles. The van der Waals surface area contributed by atoms with Crippen molar-refractivity contribution in [2.75, 3.05) is 0 Å². The first-order chi connectivity index (χ1) is 13.1. The summed E-state index contributed by atoms with van der Waals surface area (Å²) in [6, 6.07) is 20.8. The minimum absolute atomic E-state index is 0.00390. The zero-order chi connectivity index (χ0) is 18.5. The van der Waals surface area contributed by atoms with Gasteiger partial charge in [0.2, 0.25) is 11.5 Å². The Morgan fingerprint density at radius 1 is 0.815 bits per heavy atom. The first-order valence-electron chi connectivity index (χ1n) is 8.53. The van der Waals surface area contributed by atoms with Crippen LogP contribution < -0.4 is 4.74 Å². The molecular formula is C23H14O4. The van der Waals surface area contributed by atoms with Crippen LogP contribution in [0.2, 0.25) is 0 Å². The zero-order valence-electron chi connectivity index (χ0n) is 14.1. The van der Waals surface area contributed by atoms with Gasteiger partial charge in [0.1, 0.15) is 0 Å². The molecule has 0 amide bonds. The van der Waals surface area contributed by atoms with Gasteiger partial charge >= 0.3 is 0 Å². The van der Waals surface area contributed by atoms with Gasteiger partial charge in [0, 0.05) is 0 Å². The zero-order valence-corrected chi connectivity index (χ0v) is 14.1. The van der Waals surface area contributed by atoms with Crippen molar-refractivity contribution in [2.24, 2.45) is 0 Å². The van der Waals surface area contributed by atoms with Crippen molar-refractivity contribution >= 4 is 33.4 Å². The van der Waals surface area contributed by atoms with Gasteiger partial charge in [-0.1, -0.05) is 48.5 Å². The van der Waals surface area contributed by atoms with Crippen LogP contribution in [0.4, 0.5) is 0 Å². The molecule has 130 valence electrons. The monoisotopic (exact) mass is 354 g/mol. The molecule has 1 aliphatic heterocycles. The number of phenolic OH excluding ortho intramolecular Hbond substituents is 2. The predicted molar refractivity (Wildman–Crippen MR) is 104 cm³/mol. The van der Waals surface area contributed by atoms with Gasteiger partial charge in [0.25, 0.3) is 0 Å². The summed E-state index contributed by atoms with van der Waals surface area (Å²) in [6.07, 6.45) is 1.71. The average Bonchev–Trinajstić information content (AvgIpc) is 3.01. The van der Waals surface area contributed by atoms with Gasteiger partial charge in [-0.2, -0.15) is 0 Å². The normalized spacial score (nSPS) is 14.7. The lowest BCUT2D eigenvalue weighted by Crippen LogP contribution is -1.98. The number of Topliss-reactive ketones (excluding diaryl/α,β-unsaturated/α-hetero) is 1. The maximum absolute atomic E-state index is 12.8.